The van der Waals surface area contributed by atoms with E-state index in [0.717, 1.165) is 6.07 Å². The fourth-order valence-electron chi connectivity index (χ4n) is 2.18. The first-order valence-corrected chi connectivity index (χ1v) is 7.52. The molecule has 0 aliphatic carbocycles. The number of anilines is 2. The molecule has 9 heteroatoms. The van der Waals surface area contributed by atoms with Gasteiger partial charge < -0.3 is 20.1 Å². The first kappa shape index (κ1) is 18.7. The molecule has 26 heavy (non-hydrogen) atoms. The van der Waals surface area contributed by atoms with Gasteiger partial charge >= 0.3 is 5.97 Å². The number of nitrogens with one attached hydrogen (secondary N) is 2. The lowest BCUT2D eigenvalue weighted by Gasteiger charge is -2.11. The van der Waals surface area contributed by atoms with Crippen LogP contribution < -0.4 is 15.4 Å². The molecule has 0 aliphatic heterocycles. The van der Waals surface area contributed by atoms with Crippen molar-refractivity contribution in [1.82, 2.24) is 0 Å². The average molecular weight is 359 g/mol. The Hall–Kier alpha value is -3.62. The summed E-state index contributed by atoms with van der Waals surface area (Å²) in [4.78, 5) is 34.4. The molecule has 2 aromatic carbocycles. The Bertz CT molecular complexity index is 837. The first-order chi connectivity index (χ1) is 12.5. The van der Waals surface area contributed by atoms with Gasteiger partial charge in [-0.1, -0.05) is 12.1 Å². The molecule has 9 nitrogen and oxygen atoms in total. The minimum absolute atomic E-state index is 0.0354. The molecule has 0 fully saturated rings. The predicted octanol–water partition coefficient (Wildman–Crippen LogP) is 2.44. The zero-order valence-electron chi connectivity index (χ0n) is 14.1. The number of para-hydroxylation sites is 2. The molecule has 0 atom stereocenters. The highest BCUT2D eigenvalue weighted by atomic mass is 16.6. The van der Waals surface area contributed by atoms with Crippen LogP contribution >= 0.6 is 0 Å². The van der Waals surface area contributed by atoms with Crippen molar-refractivity contribution in [2.75, 3.05) is 31.4 Å². The molecule has 136 valence electrons. The highest BCUT2D eigenvalue weighted by Gasteiger charge is 2.18. The first-order valence-electron chi connectivity index (χ1n) is 7.52. The summed E-state index contributed by atoms with van der Waals surface area (Å²) >= 11 is 0. The standard InChI is InChI=1S/C17H17N3O6/c1-18-13-8-7-11(20(23)24)9-12(13)17(22)26-10-16(21)19-14-5-3-4-6-15(14)25-2/h3-9,18H,10H2,1-2H3,(H,19,21). The number of ether oxygens (including phenoxy) is 2. The van der Waals surface area contributed by atoms with E-state index in [2.05, 4.69) is 10.6 Å². The number of nitrogens with zero attached hydrogens (tertiary/aromatic N) is 1. The maximum Gasteiger partial charge on any atom is 0.341 e. The quantitative estimate of drug-likeness (QED) is 0.442. The molecule has 2 N–H and O–H groups in total. The number of rotatable bonds is 7. The molecule has 2 aromatic rings. The zero-order valence-corrected chi connectivity index (χ0v) is 14.1. The van der Waals surface area contributed by atoms with Gasteiger partial charge in [-0.05, 0) is 18.2 Å². The summed E-state index contributed by atoms with van der Waals surface area (Å²) < 4.78 is 10.1. The third-order valence-corrected chi connectivity index (χ3v) is 3.42. The summed E-state index contributed by atoms with van der Waals surface area (Å²) in [5, 5.41) is 16.2. The number of amides is 1. The Balaban J connectivity index is 2.05. The van der Waals surface area contributed by atoms with Gasteiger partial charge in [-0.15, -0.1) is 0 Å². The maximum atomic E-state index is 12.2. The molecule has 0 aliphatic rings. The van der Waals surface area contributed by atoms with Gasteiger partial charge in [0.2, 0.25) is 0 Å². The Labute approximate surface area is 149 Å². The molecular formula is C17H17N3O6. The molecule has 0 aromatic heterocycles. The van der Waals surface area contributed by atoms with Gasteiger partial charge in [-0.25, -0.2) is 4.79 Å². The van der Waals surface area contributed by atoms with Gasteiger partial charge in [-0.2, -0.15) is 0 Å². The number of carbonyl (C=O) groups excluding carboxylic acids is 2. The van der Waals surface area contributed by atoms with E-state index in [0.29, 0.717) is 17.1 Å². The van der Waals surface area contributed by atoms with Crippen LogP contribution in [0.2, 0.25) is 0 Å². The molecule has 0 saturated heterocycles. The Morgan fingerprint density at radius 3 is 2.54 bits per heavy atom. The van der Waals surface area contributed by atoms with E-state index in [9.17, 15) is 19.7 Å². The van der Waals surface area contributed by atoms with E-state index in [1.54, 1.807) is 31.3 Å². The van der Waals surface area contributed by atoms with Crippen molar-refractivity contribution < 1.29 is 24.0 Å². The molecule has 0 spiro atoms. The van der Waals surface area contributed by atoms with Crippen LogP contribution in [0.15, 0.2) is 42.5 Å². The van der Waals surface area contributed by atoms with Gasteiger partial charge in [0.25, 0.3) is 11.6 Å². The number of hydrogen-bond acceptors (Lipinski definition) is 7. The Kier molecular flexibility index (Phi) is 6.10. The predicted molar refractivity (Wildman–Crippen MR) is 94.5 cm³/mol. The second kappa shape index (κ2) is 8.47. The number of non-ortho nitro benzene ring substituents is 1. The fourth-order valence-corrected chi connectivity index (χ4v) is 2.18. The van der Waals surface area contributed by atoms with Crippen LogP contribution in [-0.2, 0) is 9.53 Å². The van der Waals surface area contributed by atoms with Crippen LogP contribution in [0.25, 0.3) is 0 Å². The minimum Gasteiger partial charge on any atom is -0.495 e. The molecule has 0 saturated carbocycles. The topological polar surface area (TPSA) is 120 Å². The highest BCUT2D eigenvalue weighted by Crippen LogP contribution is 2.24. The van der Waals surface area contributed by atoms with Crippen molar-refractivity contribution in [2.24, 2.45) is 0 Å². The molecule has 1 amide bonds. The van der Waals surface area contributed by atoms with Crippen molar-refractivity contribution >= 4 is 28.9 Å². The average Bonchev–Trinajstić information content (AvgIpc) is 2.65. The van der Waals surface area contributed by atoms with E-state index < -0.39 is 23.4 Å². The Morgan fingerprint density at radius 1 is 1.15 bits per heavy atom. The fraction of sp³-hybridized carbons (Fsp3) is 0.176. The van der Waals surface area contributed by atoms with Gasteiger partial charge in [0.05, 0.1) is 23.3 Å². The molecule has 2 rings (SSSR count). The maximum absolute atomic E-state index is 12.2. The number of methoxy groups -OCH3 is 1. The SMILES string of the molecule is CNc1ccc([N+](=O)[O-])cc1C(=O)OCC(=O)Nc1ccccc1OC. The molecule has 0 radical (unpaired) electrons. The summed E-state index contributed by atoms with van der Waals surface area (Å²) in [6, 6.07) is 10.5. The Morgan fingerprint density at radius 2 is 1.88 bits per heavy atom. The number of benzene rings is 2. The normalized spacial score (nSPS) is 9.92. The second-order valence-electron chi connectivity index (χ2n) is 5.06. The summed E-state index contributed by atoms with van der Waals surface area (Å²) in [5.41, 5.74) is 0.495. The number of esters is 1. The van der Waals surface area contributed by atoms with Crippen molar-refractivity contribution in [3.63, 3.8) is 0 Å². The van der Waals surface area contributed by atoms with Crippen molar-refractivity contribution in [3.05, 3.63) is 58.1 Å². The zero-order chi connectivity index (χ0) is 19.1. The lowest BCUT2D eigenvalue weighted by molar-refractivity contribution is -0.384. The molecule has 0 unspecified atom stereocenters. The summed E-state index contributed by atoms with van der Waals surface area (Å²) in [5.74, 6) is -0.962. The molecule has 0 bridgehead atoms. The largest absolute Gasteiger partial charge is 0.495 e. The highest BCUT2D eigenvalue weighted by molar-refractivity contribution is 5.99. The molecular weight excluding hydrogens is 342 g/mol. The lowest BCUT2D eigenvalue weighted by Crippen LogP contribution is -2.21. The van der Waals surface area contributed by atoms with E-state index in [1.807, 2.05) is 0 Å². The van der Waals surface area contributed by atoms with Gasteiger partial charge in [0, 0.05) is 24.9 Å². The van der Waals surface area contributed by atoms with E-state index in [-0.39, 0.29) is 11.3 Å². The lowest BCUT2D eigenvalue weighted by atomic mass is 10.1. The van der Waals surface area contributed by atoms with Crippen LogP contribution in [0.1, 0.15) is 10.4 Å². The summed E-state index contributed by atoms with van der Waals surface area (Å²) in [6.45, 7) is -0.553. The summed E-state index contributed by atoms with van der Waals surface area (Å²) in [7, 11) is 3.03. The van der Waals surface area contributed by atoms with E-state index in [4.69, 9.17) is 9.47 Å². The van der Waals surface area contributed by atoms with Crippen LogP contribution in [0.3, 0.4) is 0 Å². The van der Waals surface area contributed by atoms with Gasteiger partial charge in [-0.3, -0.25) is 14.9 Å². The van der Waals surface area contributed by atoms with Crippen molar-refractivity contribution in [2.45, 2.75) is 0 Å². The number of carbonyl (C=O) groups is 2. The van der Waals surface area contributed by atoms with Crippen LogP contribution in [-0.4, -0.2) is 37.6 Å². The second-order valence-corrected chi connectivity index (χ2v) is 5.06. The van der Waals surface area contributed by atoms with Gasteiger partial charge in [0.15, 0.2) is 6.61 Å². The number of hydrogen-bond donors (Lipinski definition) is 2. The third kappa shape index (κ3) is 4.47. The third-order valence-electron chi connectivity index (χ3n) is 3.42. The minimum atomic E-state index is -0.853. The number of nitro benzene ring substituents is 1. The van der Waals surface area contributed by atoms with Gasteiger partial charge in [0.1, 0.15) is 5.75 Å². The van der Waals surface area contributed by atoms with Crippen molar-refractivity contribution in [1.29, 1.82) is 0 Å². The van der Waals surface area contributed by atoms with Crippen molar-refractivity contribution in [3.8, 4) is 5.75 Å². The van der Waals surface area contributed by atoms with E-state index >= 15 is 0 Å². The van der Waals surface area contributed by atoms with Crippen LogP contribution in [0.5, 0.6) is 5.75 Å². The molecule has 0 heterocycles. The van der Waals surface area contributed by atoms with E-state index in [1.165, 1.54) is 19.2 Å². The van der Waals surface area contributed by atoms with Crippen LogP contribution in [0, 0.1) is 10.1 Å². The van der Waals surface area contributed by atoms with Crippen LogP contribution in [0.4, 0.5) is 17.1 Å². The smallest absolute Gasteiger partial charge is 0.341 e. The number of nitro groups is 1. The monoisotopic (exact) mass is 359 g/mol. The summed E-state index contributed by atoms with van der Waals surface area (Å²) in [6.07, 6.45) is 0.